The molecule has 0 radical (unpaired) electrons. The van der Waals surface area contributed by atoms with Gasteiger partial charge in [0.2, 0.25) is 0 Å². The summed E-state index contributed by atoms with van der Waals surface area (Å²) in [6, 6.07) is 40.0. The van der Waals surface area contributed by atoms with E-state index in [1.165, 1.54) is 22.5 Å². The summed E-state index contributed by atoms with van der Waals surface area (Å²) in [7, 11) is 2.13. The van der Waals surface area contributed by atoms with Gasteiger partial charge in [0.25, 0.3) is 0 Å². The van der Waals surface area contributed by atoms with Crippen LogP contribution in [-0.4, -0.2) is 25.1 Å². The monoisotopic (exact) mass is 422 g/mol. The van der Waals surface area contributed by atoms with Gasteiger partial charge in [-0.05, 0) is 54.6 Å². The van der Waals surface area contributed by atoms with Crippen LogP contribution in [0.2, 0.25) is 0 Å². The summed E-state index contributed by atoms with van der Waals surface area (Å²) in [6.07, 6.45) is 0. The molecule has 4 aromatic carbocycles. The molecule has 0 aliphatic carbocycles. The van der Waals surface area contributed by atoms with Gasteiger partial charge in [-0.1, -0.05) is 78.9 Å². The van der Waals surface area contributed by atoms with Crippen molar-refractivity contribution in [2.24, 2.45) is 0 Å². The molecular formula is C29H30N2O. The van der Waals surface area contributed by atoms with Gasteiger partial charge in [-0.25, -0.2) is 0 Å². The van der Waals surface area contributed by atoms with Gasteiger partial charge in [0.1, 0.15) is 12.4 Å². The maximum absolute atomic E-state index is 5.99. The molecule has 0 bridgehead atoms. The average molecular weight is 423 g/mol. The Balaban J connectivity index is 1.33. The van der Waals surface area contributed by atoms with Crippen molar-refractivity contribution in [1.82, 2.24) is 4.90 Å². The summed E-state index contributed by atoms with van der Waals surface area (Å²) in [4.78, 5) is 4.61. The van der Waals surface area contributed by atoms with Gasteiger partial charge in [-0.2, -0.15) is 0 Å². The standard InChI is InChI=1S/C29H30N2O/c1-30(23-25-11-5-2-6-12-25)21-22-32-29-19-17-26(18-20-29)24-31(27-13-7-3-8-14-27)28-15-9-4-10-16-28/h2-20H,21-24H2,1H3. The zero-order chi connectivity index (χ0) is 22.0. The molecule has 4 rings (SSSR count). The Hall–Kier alpha value is -3.56. The van der Waals surface area contributed by atoms with E-state index in [1.54, 1.807) is 0 Å². The molecule has 0 saturated carbocycles. The molecular weight excluding hydrogens is 392 g/mol. The van der Waals surface area contributed by atoms with Gasteiger partial charge in [-0.3, -0.25) is 4.90 Å². The minimum Gasteiger partial charge on any atom is -0.492 e. The SMILES string of the molecule is CN(CCOc1ccc(CN(c2ccccc2)c2ccccc2)cc1)Cc1ccccc1. The van der Waals surface area contributed by atoms with Crippen molar-refractivity contribution in [3.63, 3.8) is 0 Å². The summed E-state index contributed by atoms with van der Waals surface area (Å²) in [5, 5.41) is 0. The Kier molecular flexibility index (Phi) is 7.56. The minimum absolute atomic E-state index is 0.669. The normalized spacial score (nSPS) is 10.8. The third kappa shape index (κ3) is 6.22. The molecule has 32 heavy (non-hydrogen) atoms. The molecule has 0 aliphatic rings. The highest BCUT2D eigenvalue weighted by Gasteiger charge is 2.10. The summed E-state index contributed by atoms with van der Waals surface area (Å²) >= 11 is 0. The van der Waals surface area contributed by atoms with Crippen LogP contribution >= 0.6 is 0 Å². The third-order valence-corrected chi connectivity index (χ3v) is 5.44. The average Bonchev–Trinajstić information content (AvgIpc) is 2.85. The zero-order valence-corrected chi connectivity index (χ0v) is 18.6. The van der Waals surface area contributed by atoms with Crippen molar-refractivity contribution in [3.05, 3.63) is 126 Å². The summed E-state index contributed by atoms with van der Waals surface area (Å²) in [5.74, 6) is 0.910. The molecule has 0 atom stereocenters. The van der Waals surface area contributed by atoms with E-state index < -0.39 is 0 Å². The molecule has 162 valence electrons. The number of nitrogens with zero attached hydrogens (tertiary/aromatic N) is 2. The van der Waals surface area contributed by atoms with Crippen LogP contribution in [0.15, 0.2) is 115 Å². The molecule has 3 nitrogen and oxygen atoms in total. The molecule has 0 saturated heterocycles. The Bertz CT molecular complexity index is 1010. The Morgan fingerprint density at radius 2 is 1.06 bits per heavy atom. The lowest BCUT2D eigenvalue weighted by Gasteiger charge is -2.25. The highest BCUT2D eigenvalue weighted by molar-refractivity contribution is 5.63. The predicted molar refractivity (Wildman–Crippen MR) is 133 cm³/mol. The van der Waals surface area contributed by atoms with Gasteiger partial charge >= 0.3 is 0 Å². The van der Waals surface area contributed by atoms with Gasteiger partial charge < -0.3 is 9.64 Å². The first-order valence-electron chi connectivity index (χ1n) is 11.1. The molecule has 0 spiro atoms. The van der Waals surface area contributed by atoms with Gasteiger partial charge in [0, 0.05) is 31.0 Å². The van der Waals surface area contributed by atoms with Crippen LogP contribution < -0.4 is 9.64 Å². The van der Waals surface area contributed by atoms with Crippen molar-refractivity contribution in [2.45, 2.75) is 13.1 Å². The highest BCUT2D eigenvalue weighted by Crippen LogP contribution is 2.27. The Morgan fingerprint density at radius 1 is 0.562 bits per heavy atom. The molecule has 0 aliphatic heterocycles. The lowest BCUT2D eigenvalue weighted by Crippen LogP contribution is -2.23. The second kappa shape index (κ2) is 11.2. The van der Waals surface area contributed by atoms with Crippen LogP contribution in [0.3, 0.4) is 0 Å². The number of ether oxygens (including phenoxy) is 1. The predicted octanol–water partition coefficient (Wildman–Crippen LogP) is 6.54. The van der Waals surface area contributed by atoms with Crippen molar-refractivity contribution in [3.8, 4) is 5.75 Å². The first-order valence-corrected chi connectivity index (χ1v) is 11.1. The second-order valence-corrected chi connectivity index (χ2v) is 7.97. The van der Waals surface area contributed by atoms with Crippen LogP contribution in [0.4, 0.5) is 11.4 Å². The number of hydrogen-bond donors (Lipinski definition) is 0. The number of para-hydroxylation sites is 2. The van der Waals surface area contributed by atoms with E-state index in [2.05, 4.69) is 132 Å². The van der Waals surface area contributed by atoms with E-state index in [1.807, 2.05) is 0 Å². The van der Waals surface area contributed by atoms with E-state index >= 15 is 0 Å². The molecule has 0 amide bonds. The van der Waals surface area contributed by atoms with Crippen LogP contribution in [-0.2, 0) is 13.1 Å². The van der Waals surface area contributed by atoms with Crippen molar-refractivity contribution >= 4 is 11.4 Å². The number of hydrogen-bond acceptors (Lipinski definition) is 3. The fourth-order valence-electron chi connectivity index (χ4n) is 3.71. The van der Waals surface area contributed by atoms with E-state index in [4.69, 9.17) is 4.74 Å². The summed E-state index contributed by atoms with van der Waals surface area (Å²) in [6.45, 7) is 3.28. The van der Waals surface area contributed by atoms with Crippen molar-refractivity contribution in [1.29, 1.82) is 0 Å². The van der Waals surface area contributed by atoms with Crippen LogP contribution in [0.1, 0.15) is 11.1 Å². The number of rotatable bonds is 10. The van der Waals surface area contributed by atoms with Crippen molar-refractivity contribution in [2.75, 3.05) is 25.1 Å². The number of anilines is 2. The summed E-state index contributed by atoms with van der Waals surface area (Å²) in [5.41, 5.74) is 4.92. The molecule has 0 heterocycles. The maximum Gasteiger partial charge on any atom is 0.119 e. The highest BCUT2D eigenvalue weighted by atomic mass is 16.5. The molecule has 4 aromatic rings. The minimum atomic E-state index is 0.669. The first-order chi connectivity index (χ1) is 15.8. The molecule has 0 aromatic heterocycles. The molecule has 0 fully saturated rings. The lowest BCUT2D eigenvalue weighted by atomic mass is 10.1. The van der Waals surface area contributed by atoms with Crippen LogP contribution in [0.25, 0.3) is 0 Å². The fraction of sp³-hybridized carbons (Fsp3) is 0.172. The van der Waals surface area contributed by atoms with Crippen LogP contribution in [0.5, 0.6) is 5.75 Å². The quantitative estimate of drug-likeness (QED) is 0.289. The van der Waals surface area contributed by atoms with Crippen molar-refractivity contribution < 1.29 is 4.74 Å². The molecule has 0 unspecified atom stereocenters. The lowest BCUT2D eigenvalue weighted by molar-refractivity contribution is 0.233. The number of benzene rings is 4. The Labute approximate surface area is 191 Å². The zero-order valence-electron chi connectivity index (χ0n) is 18.6. The molecule has 3 heteroatoms. The van der Waals surface area contributed by atoms with Crippen LogP contribution in [0, 0.1) is 0 Å². The Morgan fingerprint density at radius 3 is 1.62 bits per heavy atom. The smallest absolute Gasteiger partial charge is 0.119 e. The summed E-state index contributed by atoms with van der Waals surface area (Å²) < 4.78 is 5.99. The van der Waals surface area contributed by atoms with E-state index in [0.717, 1.165) is 25.4 Å². The largest absolute Gasteiger partial charge is 0.492 e. The van der Waals surface area contributed by atoms with E-state index in [0.29, 0.717) is 6.61 Å². The maximum atomic E-state index is 5.99. The van der Waals surface area contributed by atoms with Gasteiger partial charge in [-0.15, -0.1) is 0 Å². The third-order valence-electron chi connectivity index (χ3n) is 5.44. The topological polar surface area (TPSA) is 15.7 Å². The second-order valence-electron chi connectivity index (χ2n) is 7.97. The van der Waals surface area contributed by atoms with Gasteiger partial charge in [0.15, 0.2) is 0 Å². The first kappa shape index (κ1) is 21.7. The number of likely N-dealkylation sites (N-methyl/N-ethyl adjacent to an activating group) is 1. The van der Waals surface area contributed by atoms with Gasteiger partial charge in [0.05, 0.1) is 0 Å². The van der Waals surface area contributed by atoms with E-state index in [9.17, 15) is 0 Å². The molecule has 0 N–H and O–H groups in total. The fourth-order valence-corrected chi connectivity index (χ4v) is 3.71. The van der Waals surface area contributed by atoms with E-state index in [-0.39, 0.29) is 0 Å².